The Morgan fingerprint density at radius 1 is 1.06 bits per heavy atom. The molecule has 1 amide bonds. The first kappa shape index (κ1) is 22.8. The van der Waals surface area contributed by atoms with Crippen LogP contribution in [0.5, 0.6) is 0 Å². The maximum absolute atomic E-state index is 12.7. The van der Waals surface area contributed by atoms with E-state index < -0.39 is 0 Å². The Balaban J connectivity index is 1.23. The van der Waals surface area contributed by atoms with Gasteiger partial charge >= 0.3 is 0 Å². The SMILES string of the molecule is CC1CCN(c2nnc(SCC(=O)Nc3ccc(N4CCCC4)cc3)n2Cc2ccco2)CC1. The Morgan fingerprint density at radius 2 is 1.82 bits per heavy atom. The van der Waals surface area contributed by atoms with Crippen molar-refractivity contribution < 1.29 is 9.21 Å². The second-order valence-electron chi connectivity index (χ2n) is 9.20. The fraction of sp³-hybridized carbons (Fsp3) is 0.480. The van der Waals surface area contributed by atoms with Crippen LogP contribution in [0, 0.1) is 5.92 Å². The van der Waals surface area contributed by atoms with Crippen LogP contribution < -0.4 is 15.1 Å². The summed E-state index contributed by atoms with van der Waals surface area (Å²) >= 11 is 1.41. The van der Waals surface area contributed by atoms with Gasteiger partial charge in [-0.15, -0.1) is 10.2 Å². The van der Waals surface area contributed by atoms with Gasteiger partial charge in [-0.2, -0.15) is 0 Å². The summed E-state index contributed by atoms with van der Waals surface area (Å²) in [5, 5.41) is 12.7. The van der Waals surface area contributed by atoms with Crippen molar-refractivity contribution in [3.63, 3.8) is 0 Å². The van der Waals surface area contributed by atoms with Crippen molar-refractivity contribution in [1.82, 2.24) is 14.8 Å². The van der Waals surface area contributed by atoms with Crippen LogP contribution in [-0.2, 0) is 11.3 Å². The zero-order valence-corrected chi connectivity index (χ0v) is 20.5. The lowest BCUT2D eigenvalue weighted by atomic mass is 10.00. The van der Waals surface area contributed by atoms with Gasteiger partial charge in [-0.1, -0.05) is 18.7 Å². The quantitative estimate of drug-likeness (QED) is 0.476. The van der Waals surface area contributed by atoms with Gasteiger partial charge in [0.2, 0.25) is 11.9 Å². The van der Waals surface area contributed by atoms with Crippen molar-refractivity contribution in [3.05, 3.63) is 48.4 Å². The van der Waals surface area contributed by atoms with Gasteiger partial charge in [0.25, 0.3) is 0 Å². The Kier molecular flexibility index (Phi) is 7.08. The lowest BCUT2D eigenvalue weighted by Gasteiger charge is -2.31. The number of carbonyl (C=O) groups is 1. The molecule has 2 aliphatic heterocycles. The molecule has 0 aliphatic carbocycles. The molecule has 3 aromatic rings. The van der Waals surface area contributed by atoms with E-state index in [0.29, 0.717) is 6.54 Å². The summed E-state index contributed by atoms with van der Waals surface area (Å²) in [4.78, 5) is 17.3. The minimum absolute atomic E-state index is 0.0557. The molecule has 4 heterocycles. The molecule has 2 aromatic heterocycles. The maximum atomic E-state index is 12.7. The summed E-state index contributed by atoms with van der Waals surface area (Å²) < 4.78 is 7.65. The lowest BCUT2D eigenvalue weighted by molar-refractivity contribution is -0.113. The minimum Gasteiger partial charge on any atom is -0.467 e. The van der Waals surface area contributed by atoms with Gasteiger partial charge in [0.15, 0.2) is 5.16 Å². The number of carbonyl (C=O) groups excluding carboxylic acids is 1. The predicted octanol–water partition coefficient (Wildman–Crippen LogP) is 4.49. The summed E-state index contributed by atoms with van der Waals surface area (Å²) in [6.45, 7) is 7.00. The van der Waals surface area contributed by atoms with Gasteiger partial charge in [-0.25, -0.2) is 0 Å². The van der Waals surface area contributed by atoms with Gasteiger partial charge in [0.05, 0.1) is 18.6 Å². The fourth-order valence-electron chi connectivity index (χ4n) is 4.59. The normalized spacial score (nSPS) is 16.9. The van der Waals surface area contributed by atoms with Crippen molar-refractivity contribution in [1.29, 1.82) is 0 Å². The summed E-state index contributed by atoms with van der Waals surface area (Å²) in [6.07, 6.45) is 6.47. The van der Waals surface area contributed by atoms with Crippen molar-refractivity contribution in [3.8, 4) is 0 Å². The summed E-state index contributed by atoms with van der Waals surface area (Å²) in [7, 11) is 0. The van der Waals surface area contributed by atoms with Crippen LogP contribution in [0.3, 0.4) is 0 Å². The van der Waals surface area contributed by atoms with Crippen LogP contribution in [0.1, 0.15) is 38.4 Å². The Bertz CT molecular complexity index is 1070. The lowest BCUT2D eigenvalue weighted by Crippen LogP contribution is -2.35. The molecular formula is C25H32N6O2S. The Morgan fingerprint density at radius 3 is 2.53 bits per heavy atom. The summed E-state index contributed by atoms with van der Waals surface area (Å²) in [5.74, 6) is 2.64. The first-order chi connectivity index (χ1) is 16.7. The molecule has 1 aromatic carbocycles. The van der Waals surface area contributed by atoms with Gasteiger partial charge < -0.3 is 19.5 Å². The third-order valence-electron chi connectivity index (χ3n) is 6.61. The number of nitrogens with one attached hydrogen (secondary N) is 1. The van der Waals surface area contributed by atoms with Gasteiger partial charge in [0, 0.05) is 37.6 Å². The van der Waals surface area contributed by atoms with Crippen LogP contribution in [0.2, 0.25) is 0 Å². The highest BCUT2D eigenvalue weighted by molar-refractivity contribution is 7.99. The number of nitrogens with zero attached hydrogens (tertiary/aromatic N) is 5. The average Bonchev–Trinajstić information content (AvgIpc) is 3.62. The average molecular weight is 481 g/mol. The zero-order chi connectivity index (χ0) is 23.3. The van der Waals surface area contributed by atoms with Gasteiger partial charge in [-0.3, -0.25) is 9.36 Å². The highest BCUT2D eigenvalue weighted by Gasteiger charge is 2.24. The number of rotatable bonds is 8. The molecule has 2 fully saturated rings. The molecule has 9 heteroatoms. The minimum atomic E-state index is -0.0557. The van der Waals surface area contributed by atoms with Crippen LogP contribution in [0.4, 0.5) is 17.3 Å². The zero-order valence-electron chi connectivity index (χ0n) is 19.7. The highest BCUT2D eigenvalue weighted by atomic mass is 32.2. The number of aromatic nitrogens is 3. The monoisotopic (exact) mass is 480 g/mol. The van der Waals surface area contributed by atoms with E-state index in [1.54, 1.807) is 6.26 Å². The van der Waals surface area contributed by atoms with Crippen molar-refractivity contribution in [2.24, 2.45) is 5.92 Å². The first-order valence-electron chi connectivity index (χ1n) is 12.1. The van der Waals surface area contributed by atoms with E-state index in [-0.39, 0.29) is 11.7 Å². The first-order valence-corrected chi connectivity index (χ1v) is 13.1. The van der Waals surface area contributed by atoms with E-state index in [1.165, 1.54) is 30.3 Å². The van der Waals surface area contributed by atoms with Gasteiger partial charge in [-0.05, 0) is 68.0 Å². The molecule has 34 heavy (non-hydrogen) atoms. The molecule has 2 aliphatic rings. The molecule has 0 saturated carbocycles. The number of hydrogen-bond donors (Lipinski definition) is 1. The summed E-state index contributed by atoms with van der Waals surface area (Å²) in [6, 6.07) is 12.0. The molecule has 0 spiro atoms. The largest absolute Gasteiger partial charge is 0.467 e. The smallest absolute Gasteiger partial charge is 0.234 e. The second kappa shape index (κ2) is 10.5. The topological polar surface area (TPSA) is 79.4 Å². The second-order valence-corrected chi connectivity index (χ2v) is 10.1. The van der Waals surface area contributed by atoms with E-state index in [9.17, 15) is 4.79 Å². The summed E-state index contributed by atoms with van der Waals surface area (Å²) in [5.41, 5.74) is 2.03. The molecule has 5 rings (SSSR count). The van der Waals surface area contributed by atoms with E-state index in [1.807, 2.05) is 24.3 Å². The van der Waals surface area contributed by atoms with E-state index in [4.69, 9.17) is 4.42 Å². The molecule has 1 N–H and O–H groups in total. The molecule has 180 valence electrons. The molecule has 0 radical (unpaired) electrons. The van der Waals surface area contributed by atoms with Crippen LogP contribution in [-0.4, -0.2) is 52.6 Å². The number of amides is 1. The predicted molar refractivity (Wildman–Crippen MR) is 136 cm³/mol. The standard InChI is InChI=1S/C25H32N6O2S/c1-19-10-14-30(15-11-19)24-27-28-25(31(24)17-22-5-4-16-33-22)34-18-23(32)26-20-6-8-21(9-7-20)29-12-2-3-13-29/h4-9,16,19H,2-3,10-15,17-18H2,1H3,(H,26,32). The maximum Gasteiger partial charge on any atom is 0.234 e. The van der Waals surface area contributed by atoms with Crippen LogP contribution in [0.15, 0.2) is 52.2 Å². The van der Waals surface area contributed by atoms with Crippen molar-refractivity contribution in [2.75, 3.05) is 47.0 Å². The van der Waals surface area contributed by atoms with E-state index in [2.05, 4.69) is 48.9 Å². The third-order valence-corrected chi connectivity index (χ3v) is 7.58. The third kappa shape index (κ3) is 5.41. The van der Waals surface area contributed by atoms with Gasteiger partial charge in [0.1, 0.15) is 5.76 Å². The van der Waals surface area contributed by atoms with Crippen molar-refractivity contribution in [2.45, 2.75) is 44.3 Å². The molecule has 2 saturated heterocycles. The molecule has 0 atom stereocenters. The van der Waals surface area contributed by atoms with Crippen LogP contribution in [0.25, 0.3) is 0 Å². The Labute approximate surface area is 204 Å². The number of hydrogen-bond acceptors (Lipinski definition) is 7. The number of thioether (sulfide) groups is 1. The molecule has 0 unspecified atom stereocenters. The molecule has 0 bridgehead atoms. The van der Waals surface area contributed by atoms with Crippen molar-refractivity contribution >= 4 is 35.0 Å². The number of furan rings is 1. The molecular weight excluding hydrogens is 448 g/mol. The molecule has 8 nitrogen and oxygen atoms in total. The number of anilines is 3. The highest BCUT2D eigenvalue weighted by Crippen LogP contribution is 2.27. The van der Waals surface area contributed by atoms with Crippen LogP contribution >= 0.6 is 11.8 Å². The number of piperidine rings is 1. The van der Waals surface area contributed by atoms with E-state index >= 15 is 0 Å². The fourth-order valence-corrected chi connectivity index (χ4v) is 5.32. The van der Waals surface area contributed by atoms with E-state index in [0.717, 1.165) is 67.5 Å². The number of benzene rings is 1. The Hall–Kier alpha value is -2.94.